The molecule has 3 aromatic rings. The number of fused-ring (bicyclic) bond motifs is 1. The summed E-state index contributed by atoms with van der Waals surface area (Å²) in [6.07, 6.45) is 2.99. The van der Waals surface area contributed by atoms with Crippen molar-refractivity contribution in [1.29, 1.82) is 0 Å². The van der Waals surface area contributed by atoms with E-state index in [0.717, 1.165) is 36.1 Å². The number of carbonyl (C=O) groups excluding carboxylic acids is 1. The van der Waals surface area contributed by atoms with Crippen molar-refractivity contribution in [2.75, 3.05) is 6.54 Å². The van der Waals surface area contributed by atoms with Crippen LogP contribution in [0.15, 0.2) is 24.3 Å². The molecule has 2 aromatic heterocycles. The van der Waals surface area contributed by atoms with Crippen LogP contribution >= 0.6 is 0 Å². The van der Waals surface area contributed by atoms with Gasteiger partial charge < -0.3 is 9.88 Å². The van der Waals surface area contributed by atoms with Crippen LogP contribution in [0.5, 0.6) is 0 Å². The molecule has 7 heteroatoms. The molecule has 1 aromatic carbocycles. The lowest BCUT2D eigenvalue weighted by molar-refractivity contribution is 0.0594. The van der Waals surface area contributed by atoms with Crippen molar-refractivity contribution in [3.8, 4) is 0 Å². The van der Waals surface area contributed by atoms with Gasteiger partial charge in [0, 0.05) is 6.54 Å². The summed E-state index contributed by atoms with van der Waals surface area (Å²) < 4.78 is 0. The van der Waals surface area contributed by atoms with Gasteiger partial charge in [-0.3, -0.25) is 4.79 Å². The van der Waals surface area contributed by atoms with Crippen LogP contribution in [-0.2, 0) is 0 Å². The van der Waals surface area contributed by atoms with E-state index in [1.807, 2.05) is 29.2 Å². The maximum atomic E-state index is 12.8. The quantitative estimate of drug-likeness (QED) is 0.760. The number of para-hydroxylation sites is 2. The van der Waals surface area contributed by atoms with Crippen LogP contribution in [0.2, 0.25) is 0 Å². The van der Waals surface area contributed by atoms with Gasteiger partial charge in [0.05, 0.1) is 22.8 Å². The Balaban J connectivity index is 1.70. The second-order valence-corrected chi connectivity index (χ2v) is 5.91. The summed E-state index contributed by atoms with van der Waals surface area (Å²) in [5.74, 6) is 0.766. The van der Waals surface area contributed by atoms with Crippen molar-refractivity contribution in [2.45, 2.75) is 32.2 Å². The largest absolute Gasteiger partial charge is 0.340 e. The van der Waals surface area contributed by atoms with E-state index >= 15 is 0 Å². The molecule has 1 saturated heterocycles. The van der Waals surface area contributed by atoms with Gasteiger partial charge in [0.2, 0.25) is 0 Å². The van der Waals surface area contributed by atoms with Gasteiger partial charge in [-0.1, -0.05) is 12.1 Å². The fraction of sp³-hybridized carbons (Fsp3) is 0.375. The minimum Gasteiger partial charge on any atom is -0.340 e. The Hall–Kier alpha value is -2.70. The average Bonchev–Trinajstić information content (AvgIpc) is 3.20. The van der Waals surface area contributed by atoms with E-state index in [1.54, 1.807) is 6.92 Å². The van der Waals surface area contributed by atoms with Crippen molar-refractivity contribution >= 4 is 16.9 Å². The highest BCUT2D eigenvalue weighted by Gasteiger charge is 2.32. The summed E-state index contributed by atoms with van der Waals surface area (Å²) in [7, 11) is 0. The predicted octanol–water partition coefficient (Wildman–Crippen LogP) is 2.36. The lowest BCUT2D eigenvalue weighted by Crippen LogP contribution is -2.39. The zero-order chi connectivity index (χ0) is 15.8. The van der Waals surface area contributed by atoms with Gasteiger partial charge >= 0.3 is 0 Å². The summed E-state index contributed by atoms with van der Waals surface area (Å²) in [5, 5.41) is 10.5. The lowest BCUT2D eigenvalue weighted by Gasteiger charge is -2.34. The molecule has 1 aliphatic rings. The highest BCUT2D eigenvalue weighted by molar-refractivity contribution is 5.93. The normalized spacial score (nSPS) is 18.5. The minimum absolute atomic E-state index is 0.0419. The highest BCUT2D eigenvalue weighted by atomic mass is 16.2. The number of hydrogen-bond donors (Lipinski definition) is 2. The minimum atomic E-state index is -0.0820. The first-order chi connectivity index (χ1) is 11.2. The number of hydrogen-bond acceptors (Lipinski definition) is 4. The molecule has 0 spiro atoms. The number of likely N-dealkylation sites (tertiary alicyclic amines) is 1. The predicted molar refractivity (Wildman–Crippen MR) is 84.8 cm³/mol. The molecule has 118 valence electrons. The maximum Gasteiger partial charge on any atom is 0.276 e. The Morgan fingerprint density at radius 2 is 2.13 bits per heavy atom. The Kier molecular flexibility index (Phi) is 3.33. The number of aryl methyl sites for hydroxylation is 1. The number of H-pyrrole nitrogens is 2. The van der Waals surface area contributed by atoms with Gasteiger partial charge in [-0.15, -0.1) is 0 Å². The van der Waals surface area contributed by atoms with Gasteiger partial charge in [-0.25, -0.2) is 4.98 Å². The van der Waals surface area contributed by atoms with Crippen LogP contribution in [0.1, 0.15) is 47.3 Å². The molecule has 23 heavy (non-hydrogen) atoms. The number of piperidine rings is 1. The summed E-state index contributed by atoms with van der Waals surface area (Å²) in [5.41, 5.74) is 2.95. The second-order valence-electron chi connectivity index (χ2n) is 5.91. The molecule has 3 heterocycles. The molecule has 0 bridgehead atoms. The molecule has 1 aliphatic heterocycles. The molecule has 0 aliphatic carbocycles. The molecule has 2 N–H and O–H groups in total. The number of rotatable bonds is 2. The van der Waals surface area contributed by atoms with E-state index in [-0.39, 0.29) is 11.9 Å². The van der Waals surface area contributed by atoms with Gasteiger partial charge in [0.25, 0.3) is 5.91 Å². The number of benzene rings is 1. The maximum absolute atomic E-state index is 12.8. The smallest absolute Gasteiger partial charge is 0.276 e. The molecule has 7 nitrogen and oxygen atoms in total. The molecule has 4 rings (SSSR count). The molecule has 1 fully saturated rings. The van der Waals surface area contributed by atoms with Crippen LogP contribution in [0, 0.1) is 6.92 Å². The number of nitrogens with zero attached hydrogens (tertiary/aromatic N) is 4. The molecular weight excluding hydrogens is 292 g/mol. The van der Waals surface area contributed by atoms with Gasteiger partial charge in [-0.05, 0) is 38.3 Å². The molecule has 1 amide bonds. The molecular formula is C16H18N6O. The second kappa shape index (κ2) is 5.49. The van der Waals surface area contributed by atoms with E-state index in [1.165, 1.54) is 0 Å². The van der Waals surface area contributed by atoms with E-state index in [0.29, 0.717) is 17.9 Å². The Morgan fingerprint density at radius 3 is 2.91 bits per heavy atom. The summed E-state index contributed by atoms with van der Waals surface area (Å²) >= 11 is 0. The van der Waals surface area contributed by atoms with Gasteiger partial charge in [0.15, 0.2) is 5.69 Å². The number of aromatic amines is 2. The first-order valence-electron chi connectivity index (χ1n) is 7.87. The zero-order valence-electron chi connectivity index (χ0n) is 12.9. The van der Waals surface area contributed by atoms with Crippen LogP contribution in [0.25, 0.3) is 11.0 Å². The summed E-state index contributed by atoms with van der Waals surface area (Å²) in [6.45, 7) is 2.50. The molecule has 0 saturated carbocycles. The highest BCUT2D eigenvalue weighted by Crippen LogP contribution is 2.31. The fourth-order valence-corrected chi connectivity index (χ4v) is 3.21. The SMILES string of the molecule is Cc1n[nH]nc1C(=O)N1CCCC[C@@H]1c1nc2ccccc2[nH]1. The number of aromatic nitrogens is 5. The van der Waals surface area contributed by atoms with Crippen LogP contribution in [0.4, 0.5) is 0 Å². The van der Waals surface area contributed by atoms with Crippen LogP contribution < -0.4 is 0 Å². The van der Waals surface area contributed by atoms with Crippen molar-refractivity contribution in [3.63, 3.8) is 0 Å². The van der Waals surface area contributed by atoms with E-state index in [9.17, 15) is 4.79 Å². The molecule has 1 atom stereocenters. The number of carbonyl (C=O) groups is 1. The van der Waals surface area contributed by atoms with E-state index in [4.69, 9.17) is 0 Å². The third-order valence-corrected chi connectivity index (χ3v) is 4.41. The number of nitrogens with one attached hydrogen (secondary N) is 2. The summed E-state index contributed by atoms with van der Waals surface area (Å²) in [4.78, 5) is 22.8. The third kappa shape index (κ3) is 2.38. The Labute approximate surface area is 133 Å². The van der Waals surface area contributed by atoms with Crippen molar-refractivity contribution < 1.29 is 4.79 Å². The van der Waals surface area contributed by atoms with E-state index in [2.05, 4.69) is 25.4 Å². The zero-order valence-corrected chi connectivity index (χ0v) is 12.9. The first-order valence-corrected chi connectivity index (χ1v) is 7.87. The average molecular weight is 310 g/mol. The molecule has 0 radical (unpaired) electrons. The summed E-state index contributed by atoms with van der Waals surface area (Å²) in [6, 6.07) is 7.89. The van der Waals surface area contributed by atoms with Crippen molar-refractivity contribution in [1.82, 2.24) is 30.3 Å². The third-order valence-electron chi connectivity index (χ3n) is 4.41. The Morgan fingerprint density at radius 1 is 1.26 bits per heavy atom. The van der Waals surface area contributed by atoms with Crippen LogP contribution in [0.3, 0.4) is 0 Å². The number of amides is 1. The van der Waals surface area contributed by atoms with Gasteiger partial charge in [-0.2, -0.15) is 15.4 Å². The Bertz CT molecular complexity index is 818. The monoisotopic (exact) mass is 310 g/mol. The standard InChI is InChI=1S/C16H18N6O/c1-10-14(20-21-19-10)16(23)22-9-5-4-8-13(22)15-17-11-6-2-3-7-12(11)18-15/h2-3,6-7,13H,4-5,8-9H2,1H3,(H,17,18)(H,19,20,21)/t13-/m1/s1. The molecule has 0 unspecified atom stereocenters. The van der Waals surface area contributed by atoms with Gasteiger partial charge in [0.1, 0.15) is 5.82 Å². The lowest BCUT2D eigenvalue weighted by atomic mass is 10.0. The van der Waals surface area contributed by atoms with Crippen LogP contribution in [-0.4, -0.2) is 42.7 Å². The van der Waals surface area contributed by atoms with E-state index < -0.39 is 0 Å². The van der Waals surface area contributed by atoms with Crippen molar-refractivity contribution in [3.05, 3.63) is 41.5 Å². The topological polar surface area (TPSA) is 90.6 Å². The fourth-order valence-electron chi connectivity index (χ4n) is 3.21. The number of imidazole rings is 1. The van der Waals surface area contributed by atoms with Crippen molar-refractivity contribution in [2.24, 2.45) is 0 Å². The first kappa shape index (κ1) is 13.9.